The topological polar surface area (TPSA) is 81.8 Å². The van der Waals surface area contributed by atoms with Gasteiger partial charge in [0, 0.05) is 11.0 Å². The van der Waals surface area contributed by atoms with Gasteiger partial charge in [-0.3, -0.25) is 14.2 Å². The van der Waals surface area contributed by atoms with Crippen molar-refractivity contribution in [3.8, 4) is 0 Å². The van der Waals surface area contributed by atoms with E-state index in [1.165, 1.54) is 12.5 Å². The number of rotatable bonds is 6. The zero-order chi connectivity index (χ0) is 22.0. The summed E-state index contributed by atoms with van der Waals surface area (Å²) in [6.07, 6.45) is 3.05. The molecule has 0 aliphatic carbocycles. The minimum Gasteiger partial charge on any atom is -0.350 e. The van der Waals surface area contributed by atoms with Crippen LogP contribution in [0.1, 0.15) is 21.5 Å². The van der Waals surface area contributed by atoms with Gasteiger partial charge < -0.3 is 5.32 Å². The summed E-state index contributed by atoms with van der Waals surface area (Å²) in [7, 11) is 0. The molecule has 31 heavy (non-hydrogen) atoms. The van der Waals surface area contributed by atoms with Gasteiger partial charge in [0.2, 0.25) is 0 Å². The third-order valence-corrected chi connectivity index (χ3v) is 5.66. The first-order valence-corrected chi connectivity index (χ1v) is 10.8. The second-order valence-corrected chi connectivity index (χ2v) is 8.47. The summed E-state index contributed by atoms with van der Waals surface area (Å²) < 4.78 is 3.95. The molecule has 0 saturated carbocycles. The van der Waals surface area contributed by atoms with Gasteiger partial charge >= 0.3 is 0 Å². The van der Waals surface area contributed by atoms with Crippen LogP contribution in [0.25, 0.3) is 11.0 Å². The molecular formula is C22H19BrClN5O2. The molecule has 9 heteroatoms. The highest BCUT2D eigenvalue weighted by Gasteiger charge is 2.13. The molecular weight excluding hydrogens is 482 g/mol. The van der Waals surface area contributed by atoms with Crippen LogP contribution < -0.4 is 10.9 Å². The summed E-state index contributed by atoms with van der Waals surface area (Å²) in [5, 5.41) is 7.91. The third-order valence-electron chi connectivity index (χ3n) is 4.84. The molecule has 0 atom stereocenters. The zero-order valence-electron chi connectivity index (χ0n) is 16.7. The van der Waals surface area contributed by atoms with Crippen LogP contribution >= 0.6 is 27.5 Å². The summed E-state index contributed by atoms with van der Waals surface area (Å²) in [5.74, 6) is -0.281. The number of hydrogen-bond donors (Lipinski definition) is 1. The maximum atomic E-state index is 12.8. The van der Waals surface area contributed by atoms with Crippen molar-refractivity contribution in [1.82, 2.24) is 24.6 Å². The van der Waals surface area contributed by atoms with E-state index in [0.717, 1.165) is 15.6 Å². The van der Waals surface area contributed by atoms with Gasteiger partial charge in [-0.25, -0.2) is 9.67 Å². The van der Waals surface area contributed by atoms with Crippen molar-refractivity contribution in [3.05, 3.63) is 91.5 Å². The SMILES string of the molecule is Cc1cccc(Cn2cnc3c(cnn3CCNC(=O)c3cc(Br)ccc3Cl)c2=O)c1. The van der Waals surface area contributed by atoms with E-state index in [-0.39, 0.29) is 11.5 Å². The molecule has 1 N–H and O–H groups in total. The Morgan fingerprint density at radius 3 is 2.87 bits per heavy atom. The summed E-state index contributed by atoms with van der Waals surface area (Å²) in [6, 6.07) is 13.1. The number of carbonyl (C=O) groups excluding carboxylic acids is 1. The van der Waals surface area contributed by atoms with Crippen molar-refractivity contribution in [2.24, 2.45) is 0 Å². The third kappa shape index (κ3) is 4.70. The van der Waals surface area contributed by atoms with E-state index in [9.17, 15) is 9.59 Å². The normalized spacial score (nSPS) is 11.1. The summed E-state index contributed by atoms with van der Waals surface area (Å²) in [6.45, 7) is 3.14. The highest BCUT2D eigenvalue weighted by molar-refractivity contribution is 9.10. The van der Waals surface area contributed by atoms with E-state index in [1.54, 1.807) is 27.4 Å². The van der Waals surface area contributed by atoms with Gasteiger partial charge in [-0.15, -0.1) is 0 Å². The minimum absolute atomic E-state index is 0.150. The minimum atomic E-state index is -0.281. The van der Waals surface area contributed by atoms with Crippen molar-refractivity contribution in [3.63, 3.8) is 0 Å². The Kier molecular flexibility index (Phi) is 6.20. The molecule has 4 aromatic rings. The zero-order valence-corrected chi connectivity index (χ0v) is 19.0. The van der Waals surface area contributed by atoms with Gasteiger partial charge in [0.1, 0.15) is 11.7 Å². The number of nitrogens with one attached hydrogen (secondary N) is 1. The van der Waals surface area contributed by atoms with E-state index in [0.29, 0.717) is 41.3 Å². The lowest BCUT2D eigenvalue weighted by Crippen LogP contribution is -2.28. The Balaban J connectivity index is 1.47. The second-order valence-electron chi connectivity index (χ2n) is 7.15. The van der Waals surface area contributed by atoms with Crippen molar-refractivity contribution >= 4 is 44.5 Å². The maximum absolute atomic E-state index is 12.8. The number of fused-ring (bicyclic) bond motifs is 1. The smallest absolute Gasteiger partial charge is 0.264 e. The molecule has 0 saturated heterocycles. The Labute approximate surface area is 191 Å². The molecule has 4 rings (SSSR count). The predicted octanol–water partition coefficient (Wildman–Crippen LogP) is 3.80. The molecule has 0 aliphatic rings. The highest BCUT2D eigenvalue weighted by Crippen LogP contribution is 2.20. The van der Waals surface area contributed by atoms with Gasteiger partial charge in [0.05, 0.1) is 29.9 Å². The predicted molar refractivity (Wildman–Crippen MR) is 124 cm³/mol. The molecule has 7 nitrogen and oxygen atoms in total. The van der Waals surface area contributed by atoms with Crippen LogP contribution in [-0.4, -0.2) is 31.8 Å². The first-order chi connectivity index (χ1) is 14.9. The van der Waals surface area contributed by atoms with Crippen LogP contribution in [0.5, 0.6) is 0 Å². The first kappa shape index (κ1) is 21.3. The molecule has 1 amide bonds. The highest BCUT2D eigenvalue weighted by atomic mass is 79.9. The summed E-state index contributed by atoms with van der Waals surface area (Å²) in [5.41, 5.74) is 2.89. The molecule has 0 bridgehead atoms. The summed E-state index contributed by atoms with van der Waals surface area (Å²) in [4.78, 5) is 29.7. The fraction of sp³-hybridized carbons (Fsp3) is 0.182. The van der Waals surface area contributed by atoms with E-state index in [1.807, 2.05) is 31.2 Å². The van der Waals surface area contributed by atoms with Crippen LogP contribution in [0.15, 0.2) is 64.3 Å². The van der Waals surface area contributed by atoms with Gasteiger partial charge in [-0.2, -0.15) is 5.10 Å². The summed E-state index contributed by atoms with van der Waals surface area (Å²) >= 11 is 9.44. The maximum Gasteiger partial charge on any atom is 0.264 e. The lowest BCUT2D eigenvalue weighted by molar-refractivity contribution is 0.0952. The fourth-order valence-corrected chi connectivity index (χ4v) is 3.89. The monoisotopic (exact) mass is 499 g/mol. The molecule has 0 spiro atoms. The fourth-order valence-electron chi connectivity index (χ4n) is 3.32. The Morgan fingerprint density at radius 2 is 2.06 bits per heavy atom. The number of benzene rings is 2. The average Bonchev–Trinajstić information content (AvgIpc) is 3.15. The van der Waals surface area contributed by atoms with Crippen LogP contribution in [0, 0.1) is 6.92 Å². The largest absolute Gasteiger partial charge is 0.350 e. The van der Waals surface area contributed by atoms with E-state index < -0.39 is 0 Å². The molecule has 2 aromatic heterocycles. The molecule has 0 aliphatic heterocycles. The number of amides is 1. The van der Waals surface area contributed by atoms with Crippen LogP contribution in [-0.2, 0) is 13.1 Å². The Morgan fingerprint density at radius 1 is 1.23 bits per heavy atom. The number of hydrogen-bond acceptors (Lipinski definition) is 4. The molecule has 2 aromatic carbocycles. The molecule has 0 radical (unpaired) electrons. The van der Waals surface area contributed by atoms with Crippen molar-refractivity contribution in [1.29, 1.82) is 0 Å². The van der Waals surface area contributed by atoms with Crippen LogP contribution in [0.2, 0.25) is 5.02 Å². The lowest BCUT2D eigenvalue weighted by Gasteiger charge is -2.09. The number of carbonyl (C=O) groups is 1. The van der Waals surface area contributed by atoms with Gasteiger partial charge in [-0.05, 0) is 30.7 Å². The van der Waals surface area contributed by atoms with Crippen LogP contribution in [0.3, 0.4) is 0 Å². The van der Waals surface area contributed by atoms with Gasteiger partial charge in [0.15, 0.2) is 5.65 Å². The Bertz CT molecular complexity index is 1330. The molecule has 0 fully saturated rings. The van der Waals surface area contributed by atoms with Crippen molar-refractivity contribution in [2.75, 3.05) is 6.54 Å². The Hall–Kier alpha value is -2.97. The van der Waals surface area contributed by atoms with Crippen molar-refractivity contribution in [2.45, 2.75) is 20.0 Å². The number of halogens is 2. The molecule has 2 heterocycles. The second kappa shape index (κ2) is 9.03. The average molecular weight is 501 g/mol. The molecule has 158 valence electrons. The number of aryl methyl sites for hydroxylation is 1. The molecule has 0 unspecified atom stereocenters. The standard InChI is InChI=1S/C22H19BrClN5O2/c1-14-3-2-4-15(9-14)12-28-13-26-20-18(22(28)31)11-27-29(20)8-7-25-21(30)17-10-16(23)5-6-19(17)24/h2-6,9-11,13H,7-8,12H2,1H3,(H,25,30). The van der Waals surface area contributed by atoms with Gasteiger partial charge in [-0.1, -0.05) is 57.4 Å². The number of aromatic nitrogens is 4. The lowest BCUT2D eigenvalue weighted by atomic mass is 10.1. The van der Waals surface area contributed by atoms with Crippen LogP contribution in [0.4, 0.5) is 0 Å². The number of nitrogens with zero attached hydrogens (tertiary/aromatic N) is 4. The van der Waals surface area contributed by atoms with E-state index >= 15 is 0 Å². The van der Waals surface area contributed by atoms with E-state index in [4.69, 9.17) is 11.6 Å². The quantitative estimate of drug-likeness (QED) is 0.437. The van der Waals surface area contributed by atoms with E-state index in [2.05, 4.69) is 31.3 Å². The van der Waals surface area contributed by atoms with Crippen molar-refractivity contribution < 1.29 is 4.79 Å². The van der Waals surface area contributed by atoms with Gasteiger partial charge in [0.25, 0.3) is 11.5 Å². The first-order valence-electron chi connectivity index (χ1n) is 9.62.